The summed E-state index contributed by atoms with van der Waals surface area (Å²) < 4.78 is 2.27. The molecule has 0 saturated heterocycles. The van der Waals surface area contributed by atoms with E-state index in [4.69, 9.17) is 4.98 Å². The molecule has 0 spiro atoms. The minimum absolute atomic E-state index is 0.740. The van der Waals surface area contributed by atoms with Crippen molar-refractivity contribution >= 4 is 11.4 Å². The first-order valence-electron chi connectivity index (χ1n) is 11.1. The minimum Gasteiger partial charge on any atom is -0.332 e. The largest absolute Gasteiger partial charge is 0.332 e. The second-order valence-electron chi connectivity index (χ2n) is 8.07. The van der Waals surface area contributed by atoms with Gasteiger partial charge in [0.05, 0.1) is 5.69 Å². The Labute approximate surface area is 188 Å². The maximum absolute atomic E-state index is 5.05. The average Bonchev–Trinajstić information content (AvgIpc) is 3.13. The summed E-state index contributed by atoms with van der Waals surface area (Å²) in [6.45, 7) is 19.6. The highest BCUT2D eigenvalue weighted by Gasteiger charge is 2.22. The number of hydrogen-bond donors (Lipinski definition) is 0. The van der Waals surface area contributed by atoms with Crippen molar-refractivity contribution in [2.75, 3.05) is 11.9 Å². The lowest BCUT2D eigenvalue weighted by Crippen LogP contribution is -2.16. The quantitative estimate of drug-likeness (QED) is 0.394. The van der Waals surface area contributed by atoms with Crippen LogP contribution in [0.3, 0.4) is 0 Å². The summed E-state index contributed by atoms with van der Waals surface area (Å²) in [6, 6.07) is 18.8. The molecule has 0 bridgehead atoms. The molecule has 3 nitrogen and oxygen atoms in total. The molecule has 1 aromatic heterocycles. The molecule has 31 heavy (non-hydrogen) atoms. The number of hydrogen-bond acceptors (Lipinski definition) is 2. The van der Waals surface area contributed by atoms with Gasteiger partial charge in [-0.15, -0.1) is 0 Å². The van der Waals surface area contributed by atoms with Gasteiger partial charge in [0.1, 0.15) is 5.82 Å². The Kier molecular flexibility index (Phi) is 8.87. The molecule has 3 aromatic rings. The summed E-state index contributed by atoms with van der Waals surface area (Å²) in [5.41, 5.74) is 6.55. The van der Waals surface area contributed by atoms with Crippen LogP contribution < -0.4 is 4.90 Å². The Morgan fingerprint density at radius 3 is 2.03 bits per heavy atom. The van der Waals surface area contributed by atoms with Crippen LogP contribution in [0.15, 0.2) is 73.5 Å². The van der Waals surface area contributed by atoms with Crippen molar-refractivity contribution in [1.29, 1.82) is 0 Å². The van der Waals surface area contributed by atoms with Crippen molar-refractivity contribution < 1.29 is 0 Å². The summed E-state index contributed by atoms with van der Waals surface area (Å²) in [5, 5.41) is 0. The Morgan fingerprint density at radius 1 is 0.935 bits per heavy atom. The molecular formula is C28H37N3. The highest BCUT2D eigenvalue weighted by molar-refractivity contribution is 5.76. The van der Waals surface area contributed by atoms with Crippen LogP contribution in [0.25, 0.3) is 17.0 Å². The number of aryl methyl sites for hydroxylation is 1. The molecule has 2 aromatic carbocycles. The maximum atomic E-state index is 5.05. The van der Waals surface area contributed by atoms with E-state index in [0.29, 0.717) is 0 Å². The summed E-state index contributed by atoms with van der Waals surface area (Å²) in [5.74, 6) is 1.85. The number of anilines is 1. The van der Waals surface area contributed by atoms with Crippen molar-refractivity contribution in [3.05, 3.63) is 90.3 Å². The zero-order valence-electron chi connectivity index (χ0n) is 20.1. The topological polar surface area (TPSA) is 21.1 Å². The van der Waals surface area contributed by atoms with E-state index in [1.807, 2.05) is 31.9 Å². The maximum Gasteiger partial charge on any atom is 0.159 e. The molecular weight excluding hydrogens is 378 g/mol. The number of imidazole rings is 1. The first-order chi connectivity index (χ1) is 14.8. The van der Waals surface area contributed by atoms with Gasteiger partial charge >= 0.3 is 0 Å². The second kappa shape index (κ2) is 11.4. The van der Waals surface area contributed by atoms with Gasteiger partial charge in [0.25, 0.3) is 0 Å². The van der Waals surface area contributed by atoms with E-state index < -0.39 is 0 Å². The molecule has 3 heteroatoms. The highest BCUT2D eigenvalue weighted by Crippen LogP contribution is 2.34. The summed E-state index contributed by atoms with van der Waals surface area (Å²) in [7, 11) is 2.01. The molecule has 0 saturated carbocycles. The minimum atomic E-state index is 0.740. The fraction of sp³-hybridized carbons (Fsp3) is 0.321. The summed E-state index contributed by atoms with van der Waals surface area (Å²) in [4.78, 5) is 7.08. The lowest BCUT2D eigenvalue weighted by molar-refractivity contribution is 0.794. The standard InChI is InChI=1S/C24H27N3.C4H10/c1-17(2)22-24(26(6)18(3)4)25-23(21-15-11-10-12-19(21)5)27(22)16-20-13-8-7-9-14-20;1-3-4-2/h7-15H,1,3,16H2,2,4-6H3;3-4H2,1-2H3. The van der Waals surface area contributed by atoms with Gasteiger partial charge in [-0.25, -0.2) is 4.98 Å². The fourth-order valence-electron chi connectivity index (χ4n) is 3.23. The monoisotopic (exact) mass is 415 g/mol. The van der Waals surface area contributed by atoms with Crippen LogP contribution in [0.4, 0.5) is 5.82 Å². The zero-order chi connectivity index (χ0) is 23.0. The predicted molar refractivity (Wildman–Crippen MR) is 136 cm³/mol. The van der Waals surface area contributed by atoms with Crippen molar-refractivity contribution in [1.82, 2.24) is 9.55 Å². The van der Waals surface area contributed by atoms with Crippen LogP contribution in [0.1, 0.15) is 57.4 Å². The Bertz CT molecular complexity index is 1010. The third-order valence-corrected chi connectivity index (χ3v) is 5.31. The van der Waals surface area contributed by atoms with Crippen molar-refractivity contribution in [3.63, 3.8) is 0 Å². The smallest absolute Gasteiger partial charge is 0.159 e. The number of allylic oxidation sites excluding steroid dienone is 2. The molecule has 0 atom stereocenters. The molecule has 0 aliphatic heterocycles. The first kappa shape index (κ1) is 24.2. The highest BCUT2D eigenvalue weighted by atomic mass is 15.2. The Morgan fingerprint density at radius 2 is 1.52 bits per heavy atom. The van der Waals surface area contributed by atoms with Crippen molar-refractivity contribution in [3.8, 4) is 11.4 Å². The number of aromatic nitrogens is 2. The van der Waals surface area contributed by atoms with Crippen LogP contribution in [0.5, 0.6) is 0 Å². The lowest BCUT2D eigenvalue weighted by atomic mass is 10.1. The van der Waals surface area contributed by atoms with E-state index >= 15 is 0 Å². The van der Waals surface area contributed by atoms with Gasteiger partial charge < -0.3 is 9.47 Å². The van der Waals surface area contributed by atoms with E-state index in [1.165, 1.54) is 24.0 Å². The van der Waals surface area contributed by atoms with Crippen LogP contribution in [0, 0.1) is 6.92 Å². The molecule has 0 N–H and O–H groups in total. The number of benzene rings is 2. The third-order valence-electron chi connectivity index (χ3n) is 5.31. The lowest BCUT2D eigenvalue weighted by Gasteiger charge is -2.19. The van der Waals surface area contributed by atoms with Gasteiger partial charge in [-0.2, -0.15) is 0 Å². The van der Waals surface area contributed by atoms with Gasteiger partial charge in [0.2, 0.25) is 0 Å². The first-order valence-corrected chi connectivity index (χ1v) is 11.1. The van der Waals surface area contributed by atoms with Gasteiger partial charge in [0, 0.05) is 24.9 Å². The molecule has 0 unspecified atom stereocenters. The predicted octanol–water partition coefficient (Wildman–Crippen LogP) is 7.72. The summed E-state index contributed by atoms with van der Waals surface area (Å²) >= 11 is 0. The van der Waals surface area contributed by atoms with E-state index in [-0.39, 0.29) is 0 Å². The molecule has 0 aliphatic carbocycles. The van der Waals surface area contributed by atoms with Gasteiger partial charge in [-0.05, 0) is 37.5 Å². The van der Waals surface area contributed by atoms with Crippen LogP contribution in [-0.4, -0.2) is 16.6 Å². The Balaban J connectivity index is 0.000000785. The van der Waals surface area contributed by atoms with Crippen LogP contribution in [-0.2, 0) is 6.54 Å². The third kappa shape index (κ3) is 5.97. The van der Waals surface area contributed by atoms with Crippen molar-refractivity contribution in [2.45, 2.75) is 54.0 Å². The molecule has 164 valence electrons. The van der Waals surface area contributed by atoms with E-state index in [2.05, 4.69) is 87.0 Å². The fourth-order valence-corrected chi connectivity index (χ4v) is 3.23. The van der Waals surface area contributed by atoms with Gasteiger partial charge in [0.15, 0.2) is 5.82 Å². The number of nitrogens with zero attached hydrogens (tertiary/aromatic N) is 3. The van der Waals surface area contributed by atoms with E-state index in [0.717, 1.165) is 40.7 Å². The van der Waals surface area contributed by atoms with Crippen LogP contribution >= 0.6 is 0 Å². The molecule has 0 amide bonds. The zero-order valence-corrected chi connectivity index (χ0v) is 20.1. The van der Waals surface area contributed by atoms with E-state index in [9.17, 15) is 0 Å². The molecule has 0 fully saturated rings. The van der Waals surface area contributed by atoms with Crippen LogP contribution in [0.2, 0.25) is 0 Å². The molecule has 0 radical (unpaired) electrons. The second-order valence-corrected chi connectivity index (χ2v) is 8.07. The van der Waals surface area contributed by atoms with Crippen molar-refractivity contribution in [2.24, 2.45) is 0 Å². The average molecular weight is 416 g/mol. The number of rotatable bonds is 7. The normalized spacial score (nSPS) is 10.3. The molecule has 1 heterocycles. The van der Waals surface area contributed by atoms with E-state index in [1.54, 1.807) is 0 Å². The van der Waals surface area contributed by atoms with Gasteiger partial charge in [-0.1, -0.05) is 94.4 Å². The SMILES string of the molecule is C=C(C)c1c(N(C)C(=C)C)nc(-c2ccccc2C)n1Cc1ccccc1.CCCC. The molecule has 3 rings (SSSR count). The number of unbranched alkanes of at least 4 members (excludes halogenated alkanes) is 1. The van der Waals surface area contributed by atoms with Gasteiger partial charge in [-0.3, -0.25) is 0 Å². The summed E-state index contributed by atoms with van der Waals surface area (Å²) in [6.07, 6.45) is 2.64. The molecule has 0 aliphatic rings. The Hall–Kier alpha value is -3.07.